The van der Waals surface area contributed by atoms with E-state index in [9.17, 15) is 5.11 Å². The summed E-state index contributed by atoms with van der Waals surface area (Å²) in [5, 5.41) is 13.8. The number of hydrogen-bond acceptors (Lipinski definition) is 3. The van der Waals surface area contributed by atoms with E-state index in [-0.39, 0.29) is 12.7 Å². The molecule has 0 saturated heterocycles. The van der Waals surface area contributed by atoms with E-state index in [4.69, 9.17) is 16.3 Å². The summed E-state index contributed by atoms with van der Waals surface area (Å²) in [5.74, 6) is 0. The molecule has 2 aromatic rings. The molecule has 2 rings (SSSR count). The lowest BCUT2D eigenvalue weighted by Crippen LogP contribution is -2.25. The maximum atomic E-state index is 9.96. The minimum absolute atomic E-state index is 0.0352. The lowest BCUT2D eigenvalue weighted by Gasteiger charge is -2.17. The Balaban J connectivity index is 1.73. The van der Waals surface area contributed by atoms with Gasteiger partial charge in [0.2, 0.25) is 0 Å². The highest BCUT2D eigenvalue weighted by Crippen LogP contribution is 2.17. The summed E-state index contributed by atoms with van der Waals surface area (Å²) in [5.41, 5.74) is 1.99. The second-order valence-corrected chi connectivity index (χ2v) is 5.37. The Morgan fingerprint density at radius 1 is 1.14 bits per heavy atom. The predicted octanol–water partition coefficient (Wildman–Crippen LogP) is 3.89. The van der Waals surface area contributed by atoms with Gasteiger partial charge in [-0.3, -0.25) is 0 Å². The van der Waals surface area contributed by atoms with E-state index in [1.165, 1.54) is 0 Å². The van der Waals surface area contributed by atoms with Crippen LogP contribution in [0, 0.1) is 0 Å². The van der Waals surface area contributed by atoms with Crippen molar-refractivity contribution in [2.75, 3.05) is 18.5 Å². The Bertz CT molecular complexity index is 547. The van der Waals surface area contributed by atoms with Gasteiger partial charge in [-0.1, -0.05) is 48.0 Å². The molecule has 0 heterocycles. The van der Waals surface area contributed by atoms with E-state index in [0.717, 1.165) is 11.3 Å². The first-order chi connectivity index (χ1) is 10.1. The fraction of sp³-hybridized carbons (Fsp3) is 0.294. The van der Waals surface area contributed by atoms with Gasteiger partial charge in [-0.15, -0.1) is 0 Å². The molecule has 0 aromatic heterocycles. The van der Waals surface area contributed by atoms with Gasteiger partial charge in [-0.2, -0.15) is 0 Å². The highest BCUT2D eigenvalue weighted by molar-refractivity contribution is 6.30. The molecular formula is C17H20ClNO2. The van der Waals surface area contributed by atoms with Crippen molar-refractivity contribution in [3.8, 4) is 0 Å². The smallest absolute Gasteiger partial charge is 0.0945 e. The third-order valence-electron chi connectivity index (χ3n) is 3.17. The zero-order valence-corrected chi connectivity index (χ0v) is 12.8. The van der Waals surface area contributed by atoms with E-state index >= 15 is 0 Å². The van der Waals surface area contributed by atoms with Gasteiger partial charge >= 0.3 is 0 Å². The molecule has 0 aliphatic heterocycles. The van der Waals surface area contributed by atoms with Crippen LogP contribution in [0.2, 0.25) is 5.02 Å². The molecule has 112 valence electrons. The number of ether oxygens (including phenoxy) is 1. The van der Waals surface area contributed by atoms with Crippen molar-refractivity contribution in [2.24, 2.45) is 0 Å². The van der Waals surface area contributed by atoms with Gasteiger partial charge in [0.15, 0.2) is 0 Å². The molecular weight excluding hydrogens is 286 g/mol. The molecule has 2 unspecified atom stereocenters. The van der Waals surface area contributed by atoms with Gasteiger partial charge in [-0.05, 0) is 30.7 Å². The van der Waals surface area contributed by atoms with Crippen LogP contribution in [0.1, 0.15) is 18.6 Å². The third kappa shape index (κ3) is 5.38. The molecule has 3 nitrogen and oxygen atoms in total. The van der Waals surface area contributed by atoms with Crippen LogP contribution in [0.5, 0.6) is 0 Å². The summed E-state index contributed by atoms with van der Waals surface area (Å²) in [6.45, 7) is 2.68. The standard InChI is InChI=1S/C17H20ClNO2/c1-13(14-6-3-2-4-7-14)21-12-17(20)11-19-16-9-5-8-15(18)10-16/h2-10,13,17,19-20H,11-12H2,1H3. The average Bonchev–Trinajstić information content (AvgIpc) is 2.51. The number of aliphatic hydroxyl groups excluding tert-OH is 1. The molecule has 0 saturated carbocycles. The SMILES string of the molecule is CC(OCC(O)CNc1cccc(Cl)c1)c1ccccc1. The molecule has 2 atom stereocenters. The molecule has 0 aliphatic rings. The number of aliphatic hydroxyl groups is 1. The lowest BCUT2D eigenvalue weighted by molar-refractivity contribution is 0.00243. The van der Waals surface area contributed by atoms with Gasteiger partial charge in [0.1, 0.15) is 0 Å². The number of benzene rings is 2. The normalized spacial score (nSPS) is 13.7. The third-order valence-corrected chi connectivity index (χ3v) is 3.41. The van der Waals surface area contributed by atoms with Crippen LogP contribution >= 0.6 is 11.6 Å². The molecule has 0 fully saturated rings. The molecule has 4 heteroatoms. The Labute approximate surface area is 130 Å². The van der Waals surface area contributed by atoms with Crippen LogP contribution < -0.4 is 5.32 Å². The second-order valence-electron chi connectivity index (χ2n) is 4.93. The van der Waals surface area contributed by atoms with Crippen LogP contribution in [-0.2, 0) is 4.74 Å². The van der Waals surface area contributed by atoms with Crippen LogP contribution in [0.4, 0.5) is 5.69 Å². The van der Waals surface area contributed by atoms with Crippen molar-refractivity contribution in [3.05, 3.63) is 65.2 Å². The van der Waals surface area contributed by atoms with Crippen molar-refractivity contribution < 1.29 is 9.84 Å². The summed E-state index contributed by atoms with van der Waals surface area (Å²) in [4.78, 5) is 0. The molecule has 0 amide bonds. The topological polar surface area (TPSA) is 41.5 Å². The van der Waals surface area contributed by atoms with Crippen LogP contribution in [0.3, 0.4) is 0 Å². The van der Waals surface area contributed by atoms with Crippen molar-refractivity contribution in [3.63, 3.8) is 0 Å². The van der Waals surface area contributed by atoms with Gasteiger partial charge in [0.05, 0.1) is 18.8 Å². The molecule has 0 bridgehead atoms. The van der Waals surface area contributed by atoms with Crippen LogP contribution in [-0.4, -0.2) is 24.4 Å². The number of halogens is 1. The summed E-state index contributed by atoms with van der Waals surface area (Å²) in [6.07, 6.45) is -0.609. The van der Waals surface area contributed by atoms with Crippen molar-refractivity contribution in [1.82, 2.24) is 0 Å². The van der Waals surface area contributed by atoms with Gasteiger partial charge < -0.3 is 15.2 Å². The van der Waals surface area contributed by atoms with E-state index in [1.807, 2.05) is 61.5 Å². The maximum Gasteiger partial charge on any atom is 0.0945 e. The fourth-order valence-corrected chi connectivity index (χ4v) is 2.16. The summed E-state index contributed by atoms with van der Waals surface area (Å²) >= 11 is 5.90. The molecule has 2 aromatic carbocycles. The van der Waals surface area contributed by atoms with E-state index < -0.39 is 6.10 Å². The van der Waals surface area contributed by atoms with E-state index in [2.05, 4.69) is 5.32 Å². The number of rotatable bonds is 7. The van der Waals surface area contributed by atoms with E-state index in [1.54, 1.807) is 0 Å². The average molecular weight is 306 g/mol. The second kappa shape index (κ2) is 8.03. The number of nitrogens with one attached hydrogen (secondary N) is 1. The van der Waals surface area contributed by atoms with Crippen LogP contribution in [0.15, 0.2) is 54.6 Å². The Kier molecular flexibility index (Phi) is 6.05. The monoisotopic (exact) mass is 305 g/mol. The number of anilines is 1. The summed E-state index contributed by atoms with van der Waals surface area (Å²) in [6, 6.07) is 17.4. The number of hydrogen-bond donors (Lipinski definition) is 2. The largest absolute Gasteiger partial charge is 0.389 e. The molecule has 0 spiro atoms. The minimum Gasteiger partial charge on any atom is -0.389 e. The van der Waals surface area contributed by atoms with Gasteiger partial charge in [-0.25, -0.2) is 0 Å². The molecule has 2 N–H and O–H groups in total. The predicted molar refractivity (Wildman–Crippen MR) is 86.8 cm³/mol. The van der Waals surface area contributed by atoms with Crippen molar-refractivity contribution >= 4 is 17.3 Å². The van der Waals surface area contributed by atoms with E-state index in [0.29, 0.717) is 11.6 Å². The highest BCUT2D eigenvalue weighted by Gasteiger charge is 2.09. The molecule has 0 aliphatic carbocycles. The maximum absolute atomic E-state index is 9.96. The summed E-state index contributed by atoms with van der Waals surface area (Å²) < 4.78 is 5.69. The van der Waals surface area contributed by atoms with Gasteiger partial charge in [0, 0.05) is 17.3 Å². The van der Waals surface area contributed by atoms with Gasteiger partial charge in [0.25, 0.3) is 0 Å². The zero-order valence-electron chi connectivity index (χ0n) is 12.0. The molecule has 0 radical (unpaired) electrons. The Morgan fingerprint density at radius 2 is 1.90 bits per heavy atom. The lowest BCUT2D eigenvalue weighted by atomic mass is 10.1. The first-order valence-electron chi connectivity index (χ1n) is 6.99. The fourth-order valence-electron chi connectivity index (χ4n) is 1.97. The first-order valence-corrected chi connectivity index (χ1v) is 7.37. The summed E-state index contributed by atoms with van der Waals surface area (Å²) in [7, 11) is 0. The molecule has 21 heavy (non-hydrogen) atoms. The van der Waals surface area contributed by atoms with Crippen molar-refractivity contribution in [1.29, 1.82) is 0 Å². The zero-order chi connectivity index (χ0) is 15.1. The Hall–Kier alpha value is -1.55. The van der Waals surface area contributed by atoms with Crippen molar-refractivity contribution in [2.45, 2.75) is 19.1 Å². The highest BCUT2D eigenvalue weighted by atomic mass is 35.5. The Morgan fingerprint density at radius 3 is 2.62 bits per heavy atom. The quantitative estimate of drug-likeness (QED) is 0.815. The minimum atomic E-state index is -0.574. The first kappa shape index (κ1) is 15.8. The van der Waals surface area contributed by atoms with Crippen LogP contribution in [0.25, 0.3) is 0 Å².